The lowest BCUT2D eigenvalue weighted by atomic mass is 10.00. The Hall–Kier alpha value is -4.07. The van der Waals surface area contributed by atoms with Gasteiger partial charge in [-0.1, -0.05) is 43.3 Å². The van der Waals surface area contributed by atoms with Crippen LogP contribution < -0.4 is 15.0 Å². The van der Waals surface area contributed by atoms with Crippen molar-refractivity contribution in [2.75, 3.05) is 19.1 Å². The molecule has 1 aliphatic heterocycles. The van der Waals surface area contributed by atoms with Crippen molar-refractivity contribution in [3.63, 3.8) is 0 Å². The van der Waals surface area contributed by atoms with Gasteiger partial charge in [-0.25, -0.2) is 13.8 Å². The van der Waals surface area contributed by atoms with Crippen LogP contribution in [0.2, 0.25) is 0 Å². The van der Waals surface area contributed by atoms with Gasteiger partial charge >= 0.3 is 0 Å². The van der Waals surface area contributed by atoms with Crippen LogP contribution in [-0.2, 0) is 16.0 Å². The molecule has 0 saturated heterocycles. The van der Waals surface area contributed by atoms with Crippen molar-refractivity contribution in [1.29, 1.82) is 0 Å². The number of likely N-dealkylation sites (N-methyl/N-ethyl adjacent to an activating group) is 1. The molecular formula is C27H25F2N3O3. The fraction of sp³-hybridized carbons (Fsp3) is 0.222. The lowest BCUT2D eigenvalue weighted by Gasteiger charge is -2.22. The summed E-state index contributed by atoms with van der Waals surface area (Å²) in [5.74, 6) is -2.73. The molecular weight excluding hydrogens is 452 g/mol. The smallest absolute Gasteiger partial charge is 0.272 e. The van der Waals surface area contributed by atoms with Gasteiger partial charge in [0.25, 0.3) is 5.91 Å². The van der Waals surface area contributed by atoms with E-state index < -0.39 is 35.5 Å². The van der Waals surface area contributed by atoms with Gasteiger partial charge in [-0.2, -0.15) is 0 Å². The van der Waals surface area contributed by atoms with Gasteiger partial charge in [0.05, 0.1) is 18.5 Å². The topological polar surface area (TPSA) is 71.0 Å². The molecule has 1 unspecified atom stereocenters. The Morgan fingerprint density at radius 3 is 2.60 bits per heavy atom. The lowest BCUT2D eigenvalue weighted by Crippen LogP contribution is -2.47. The molecule has 0 saturated carbocycles. The molecule has 1 N–H and O–H groups in total. The molecule has 0 bridgehead atoms. The summed E-state index contributed by atoms with van der Waals surface area (Å²) in [7, 11) is 3.20. The van der Waals surface area contributed by atoms with Crippen molar-refractivity contribution in [3.8, 4) is 5.75 Å². The monoisotopic (exact) mass is 477 g/mol. The number of benzodiazepines with no additional fused rings is 1. The number of carbonyl (C=O) groups excluding carboxylic acids is 2. The van der Waals surface area contributed by atoms with Gasteiger partial charge in [-0.05, 0) is 42.3 Å². The number of rotatable bonds is 6. The van der Waals surface area contributed by atoms with Gasteiger partial charge in [-0.15, -0.1) is 0 Å². The minimum atomic E-state index is -1.17. The van der Waals surface area contributed by atoms with Gasteiger partial charge < -0.3 is 15.0 Å². The number of ether oxygens (including phenoxy) is 1. The van der Waals surface area contributed by atoms with E-state index in [0.717, 1.165) is 23.3 Å². The van der Waals surface area contributed by atoms with Crippen molar-refractivity contribution in [2.45, 2.75) is 19.5 Å². The second-order valence-electron chi connectivity index (χ2n) is 8.39. The number of para-hydroxylation sites is 1. The minimum absolute atomic E-state index is 0.173. The van der Waals surface area contributed by atoms with E-state index in [0.29, 0.717) is 22.7 Å². The number of amides is 2. The van der Waals surface area contributed by atoms with Crippen LogP contribution in [0, 0.1) is 17.6 Å². The standard InChI is InChI=1S/C27H25F2N3O3/c1-16(13-17-11-12-21(28)22(29)14-17)26(33)31-25-27(34)32(2)23-10-5-4-9-20(23)24(30-25)18-7-6-8-19(15-18)35-3/h4-12,14-16,25H,13H2,1-3H3,(H,31,33)/t16-,25?/m0/s1. The summed E-state index contributed by atoms with van der Waals surface area (Å²) >= 11 is 0. The number of nitrogens with zero attached hydrogens (tertiary/aromatic N) is 2. The van der Waals surface area contributed by atoms with Crippen LogP contribution in [0.5, 0.6) is 5.75 Å². The number of benzene rings is 3. The average Bonchev–Trinajstić information content (AvgIpc) is 2.97. The molecule has 8 heteroatoms. The van der Waals surface area contributed by atoms with Gasteiger partial charge in [0.15, 0.2) is 11.6 Å². The second kappa shape index (κ2) is 10.0. The van der Waals surface area contributed by atoms with Crippen LogP contribution in [0.25, 0.3) is 0 Å². The summed E-state index contributed by atoms with van der Waals surface area (Å²) in [5, 5.41) is 2.73. The SMILES string of the molecule is COc1cccc(C2=NC(NC(=O)[C@@H](C)Cc3ccc(F)c(F)c3)C(=O)N(C)c3ccccc32)c1. The van der Waals surface area contributed by atoms with E-state index in [1.807, 2.05) is 48.5 Å². The zero-order valence-electron chi connectivity index (χ0n) is 19.6. The van der Waals surface area contributed by atoms with E-state index in [-0.39, 0.29) is 6.42 Å². The Morgan fingerprint density at radius 2 is 1.86 bits per heavy atom. The number of hydrogen-bond acceptors (Lipinski definition) is 4. The van der Waals surface area contributed by atoms with Crippen LogP contribution in [0.15, 0.2) is 71.7 Å². The molecule has 1 aliphatic rings. The van der Waals surface area contributed by atoms with E-state index in [1.165, 1.54) is 11.0 Å². The van der Waals surface area contributed by atoms with Crippen molar-refractivity contribution >= 4 is 23.2 Å². The van der Waals surface area contributed by atoms with E-state index in [9.17, 15) is 18.4 Å². The van der Waals surface area contributed by atoms with Crippen molar-refractivity contribution in [2.24, 2.45) is 10.9 Å². The van der Waals surface area contributed by atoms with Gasteiger partial charge in [0, 0.05) is 24.1 Å². The fourth-order valence-corrected chi connectivity index (χ4v) is 4.01. The Bertz CT molecular complexity index is 1310. The number of carbonyl (C=O) groups is 2. The Labute approximate surface area is 202 Å². The van der Waals surface area contributed by atoms with Crippen LogP contribution in [-0.4, -0.2) is 37.8 Å². The Balaban J connectivity index is 1.66. The van der Waals surface area contributed by atoms with Gasteiger partial charge in [-0.3, -0.25) is 9.59 Å². The maximum atomic E-state index is 13.6. The quantitative estimate of drug-likeness (QED) is 0.581. The number of methoxy groups -OCH3 is 1. The first-order valence-electron chi connectivity index (χ1n) is 11.1. The average molecular weight is 478 g/mol. The highest BCUT2D eigenvalue weighted by Crippen LogP contribution is 2.28. The zero-order valence-corrected chi connectivity index (χ0v) is 19.6. The maximum Gasteiger partial charge on any atom is 0.272 e. The van der Waals surface area contributed by atoms with Crippen LogP contribution in [0.3, 0.4) is 0 Å². The molecule has 2 atom stereocenters. The minimum Gasteiger partial charge on any atom is -0.497 e. The third-order valence-corrected chi connectivity index (χ3v) is 5.94. The van der Waals surface area contributed by atoms with Crippen LogP contribution >= 0.6 is 0 Å². The molecule has 35 heavy (non-hydrogen) atoms. The Morgan fingerprint density at radius 1 is 1.09 bits per heavy atom. The predicted octanol–water partition coefficient (Wildman–Crippen LogP) is 4.11. The second-order valence-corrected chi connectivity index (χ2v) is 8.39. The number of halogens is 2. The summed E-state index contributed by atoms with van der Waals surface area (Å²) in [6.07, 6.45) is -1.000. The van der Waals surface area contributed by atoms with E-state index in [2.05, 4.69) is 10.3 Å². The summed E-state index contributed by atoms with van der Waals surface area (Å²) in [6, 6.07) is 18.2. The highest BCUT2D eigenvalue weighted by atomic mass is 19.2. The third-order valence-electron chi connectivity index (χ3n) is 5.94. The van der Waals surface area contributed by atoms with Crippen molar-refractivity contribution < 1.29 is 23.1 Å². The van der Waals surface area contributed by atoms with E-state index >= 15 is 0 Å². The molecule has 1 heterocycles. The highest BCUT2D eigenvalue weighted by molar-refractivity contribution is 6.20. The van der Waals surface area contributed by atoms with Crippen molar-refractivity contribution in [3.05, 3.63) is 95.1 Å². The summed E-state index contributed by atoms with van der Waals surface area (Å²) in [4.78, 5) is 32.5. The number of anilines is 1. The molecule has 0 aromatic heterocycles. The molecule has 180 valence electrons. The van der Waals surface area contributed by atoms with E-state index in [1.54, 1.807) is 21.1 Å². The Kier molecular flexibility index (Phi) is 6.91. The van der Waals surface area contributed by atoms with E-state index in [4.69, 9.17) is 4.74 Å². The fourth-order valence-electron chi connectivity index (χ4n) is 4.01. The normalized spacial score (nSPS) is 16.1. The van der Waals surface area contributed by atoms with Crippen LogP contribution in [0.1, 0.15) is 23.6 Å². The van der Waals surface area contributed by atoms with Crippen LogP contribution in [0.4, 0.5) is 14.5 Å². The molecule has 0 radical (unpaired) electrons. The molecule has 3 aromatic rings. The molecule has 0 spiro atoms. The zero-order chi connectivity index (χ0) is 25.1. The van der Waals surface area contributed by atoms with Gasteiger partial charge in [0.1, 0.15) is 5.75 Å². The number of nitrogens with one attached hydrogen (secondary N) is 1. The first-order valence-corrected chi connectivity index (χ1v) is 11.1. The number of aliphatic imine (C=N–C) groups is 1. The summed E-state index contributed by atoms with van der Waals surface area (Å²) in [5.41, 5.74) is 3.14. The largest absolute Gasteiger partial charge is 0.497 e. The molecule has 0 fully saturated rings. The van der Waals surface area contributed by atoms with Crippen molar-refractivity contribution in [1.82, 2.24) is 5.32 Å². The summed E-state index contributed by atoms with van der Waals surface area (Å²) in [6.45, 7) is 1.66. The maximum absolute atomic E-state index is 13.6. The molecule has 6 nitrogen and oxygen atoms in total. The highest BCUT2D eigenvalue weighted by Gasteiger charge is 2.32. The molecule has 3 aromatic carbocycles. The first-order chi connectivity index (χ1) is 16.8. The first kappa shape index (κ1) is 24.1. The molecule has 2 amide bonds. The third kappa shape index (κ3) is 5.06. The summed E-state index contributed by atoms with van der Waals surface area (Å²) < 4.78 is 32.2. The number of fused-ring (bicyclic) bond motifs is 1. The molecule has 0 aliphatic carbocycles. The predicted molar refractivity (Wildman–Crippen MR) is 130 cm³/mol. The van der Waals surface area contributed by atoms with Gasteiger partial charge in [0.2, 0.25) is 12.1 Å². The molecule has 4 rings (SSSR count). The number of hydrogen-bond donors (Lipinski definition) is 1. The lowest BCUT2D eigenvalue weighted by molar-refractivity contribution is -0.129.